The number of nitrogens with zero attached hydrogens (tertiary/aromatic N) is 3. The van der Waals surface area contributed by atoms with Crippen molar-refractivity contribution in [3.63, 3.8) is 0 Å². The van der Waals surface area contributed by atoms with Crippen molar-refractivity contribution in [3.05, 3.63) is 76.0 Å². The Hall–Kier alpha value is -2.81. The van der Waals surface area contributed by atoms with Crippen molar-refractivity contribution in [2.75, 3.05) is 11.1 Å². The minimum absolute atomic E-state index is 0.158. The van der Waals surface area contributed by atoms with E-state index in [4.69, 9.17) is 23.2 Å². The Morgan fingerprint density at radius 1 is 1.13 bits per heavy atom. The molecule has 3 rings (SSSR count). The van der Waals surface area contributed by atoms with Gasteiger partial charge >= 0.3 is 0 Å². The zero-order valence-corrected chi connectivity index (χ0v) is 18.8. The fourth-order valence-corrected chi connectivity index (χ4v) is 3.64. The van der Waals surface area contributed by atoms with Crippen LogP contribution in [0.4, 0.5) is 5.69 Å². The quantitative estimate of drug-likeness (QED) is 0.376. The first-order valence-electron chi connectivity index (χ1n) is 9.19. The van der Waals surface area contributed by atoms with Crippen LogP contribution in [0.5, 0.6) is 0 Å². The molecule has 0 saturated heterocycles. The standard InChI is InChI=1S/C21H19Cl2N5O2S/c1-28-18(12-24-19(29)10-9-14-5-2-3-8-17(14)23)26-27-21(28)31-13-20(30)25-16-7-4-6-15(22)11-16/h2-11H,12-13H2,1H3,(H,24,29)(H,25,30)/b10-9+. The van der Waals surface area contributed by atoms with E-state index in [0.29, 0.717) is 26.7 Å². The largest absolute Gasteiger partial charge is 0.345 e. The van der Waals surface area contributed by atoms with Gasteiger partial charge in [0.25, 0.3) is 0 Å². The number of anilines is 1. The van der Waals surface area contributed by atoms with Gasteiger partial charge in [-0.3, -0.25) is 9.59 Å². The Bertz CT molecular complexity index is 1120. The first-order chi connectivity index (χ1) is 14.9. The van der Waals surface area contributed by atoms with Crippen LogP contribution < -0.4 is 10.6 Å². The van der Waals surface area contributed by atoms with E-state index in [1.165, 1.54) is 17.8 Å². The molecule has 2 aromatic carbocycles. The van der Waals surface area contributed by atoms with Gasteiger partial charge in [0.15, 0.2) is 11.0 Å². The predicted molar refractivity (Wildman–Crippen MR) is 124 cm³/mol. The van der Waals surface area contributed by atoms with E-state index >= 15 is 0 Å². The normalized spacial score (nSPS) is 10.9. The molecule has 0 bridgehead atoms. The maximum Gasteiger partial charge on any atom is 0.244 e. The maximum atomic E-state index is 12.1. The summed E-state index contributed by atoms with van der Waals surface area (Å²) in [6, 6.07) is 14.2. The van der Waals surface area contributed by atoms with Gasteiger partial charge in [-0.1, -0.05) is 59.2 Å². The molecule has 1 aromatic heterocycles. The summed E-state index contributed by atoms with van der Waals surface area (Å²) in [6.07, 6.45) is 3.06. The summed E-state index contributed by atoms with van der Waals surface area (Å²) in [6.45, 7) is 0.199. The van der Waals surface area contributed by atoms with Crippen LogP contribution in [0.15, 0.2) is 59.8 Å². The number of hydrogen-bond acceptors (Lipinski definition) is 5. The van der Waals surface area contributed by atoms with Gasteiger partial charge in [-0.05, 0) is 35.9 Å². The first-order valence-corrected chi connectivity index (χ1v) is 10.9. The topological polar surface area (TPSA) is 88.9 Å². The number of rotatable bonds is 8. The van der Waals surface area contributed by atoms with Crippen LogP contribution in [0.25, 0.3) is 6.08 Å². The van der Waals surface area contributed by atoms with Gasteiger partial charge in [-0.15, -0.1) is 10.2 Å². The second-order valence-electron chi connectivity index (χ2n) is 6.38. The lowest BCUT2D eigenvalue weighted by molar-refractivity contribution is -0.116. The second kappa shape index (κ2) is 11.0. The lowest BCUT2D eigenvalue weighted by Crippen LogP contribution is -2.22. The maximum absolute atomic E-state index is 12.1. The van der Waals surface area contributed by atoms with Gasteiger partial charge < -0.3 is 15.2 Å². The summed E-state index contributed by atoms with van der Waals surface area (Å²) in [7, 11) is 1.78. The fraction of sp³-hybridized carbons (Fsp3) is 0.143. The summed E-state index contributed by atoms with van der Waals surface area (Å²) in [5, 5.41) is 15.4. The minimum Gasteiger partial charge on any atom is -0.345 e. The number of hydrogen-bond donors (Lipinski definition) is 2. The number of thioether (sulfide) groups is 1. The van der Waals surface area contributed by atoms with Crippen LogP contribution in [0.2, 0.25) is 10.0 Å². The van der Waals surface area contributed by atoms with E-state index in [9.17, 15) is 9.59 Å². The molecule has 31 heavy (non-hydrogen) atoms. The molecule has 0 aliphatic carbocycles. The Balaban J connectivity index is 1.49. The molecule has 7 nitrogen and oxygen atoms in total. The van der Waals surface area contributed by atoms with Gasteiger partial charge in [-0.25, -0.2) is 0 Å². The van der Waals surface area contributed by atoms with Gasteiger partial charge in [0.05, 0.1) is 12.3 Å². The highest BCUT2D eigenvalue weighted by molar-refractivity contribution is 7.99. The van der Waals surface area contributed by atoms with Crippen LogP contribution in [0.1, 0.15) is 11.4 Å². The van der Waals surface area contributed by atoms with Gasteiger partial charge in [-0.2, -0.15) is 0 Å². The molecule has 3 aromatic rings. The zero-order chi connectivity index (χ0) is 22.2. The third-order valence-corrected chi connectivity index (χ3v) is 5.71. The summed E-state index contributed by atoms with van der Waals surface area (Å²) in [5.41, 5.74) is 1.39. The molecule has 2 N–H and O–H groups in total. The Labute approximate surface area is 193 Å². The zero-order valence-electron chi connectivity index (χ0n) is 16.5. The van der Waals surface area contributed by atoms with Crippen molar-refractivity contribution in [3.8, 4) is 0 Å². The average Bonchev–Trinajstić information content (AvgIpc) is 3.09. The first kappa shape index (κ1) is 22.9. The van der Waals surface area contributed by atoms with Gasteiger partial charge in [0.2, 0.25) is 11.8 Å². The number of aromatic nitrogens is 3. The van der Waals surface area contributed by atoms with Gasteiger partial charge in [0, 0.05) is 28.9 Å². The monoisotopic (exact) mass is 475 g/mol. The van der Waals surface area contributed by atoms with E-state index < -0.39 is 0 Å². The van der Waals surface area contributed by atoms with Crippen LogP contribution in [-0.2, 0) is 23.2 Å². The summed E-state index contributed by atoms with van der Waals surface area (Å²) in [5.74, 6) is 0.260. The molecule has 0 aliphatic rings. The third kappa shape index (κ3) is 6.85. The van der Waals surface area contributed by atoms with E-state index in [1.807, 2.05) is 18.2 Å². The van der Waals surface area contributed by atoms with Crippen molar-refractivity contribution in [2.45, 2.75) is 11.7 Å². The molecule has 10 heteroatoms. The molecule has 0 atom stereocenters. The molecule has 0 unspecified atom stereocenters. The van der Waals surface area contributed by atoms with Crippen molar-refractivity contribution < 1.29 is 9.59 Å². The number of carbonyl (C=O) groups is 2. The molecular formula is C21H19Cl2N5O2S. The highest BCUT2D eigenvalue weighted by Gasteiger charge is 2.12. The predicted octanol–water partition coefficient (Wildman–Crippen LogP) is 4.18. The molecule has 0 radical (unpaired) electrons. The average molecular weight is 476 g/mol. The summed E-state index contributed by atoms with van der Waals surface area (Å²) in [4.78, 5) is 24.2. The Morgan fingerprint density at radius 3 is 2.71 bits per heavy atom. The number of nitrogens with one attached hydrogen (secondary N) is 2. The molecule has 0 spiro atoms. The van der Waals surface area contributed by atoms with Crippen molar-refractivity contribution in [1.82, 2.24) is 20.1 Å². The number of benzene rings is 2. The SMILES string of the molecule is Cn1c(CNC(=O)/C=C/c2ccccc2Cl)nnc1SCC(=O)Nc1cccc(Cl)c1. The molecule has 2 amide bonds. The Morgan fingerprint density at radius 2 is 1.94 bits per heavy atom. The summed E-state index contributed by atoms with van der Waals surface area (Å²) < 4.78 is 1.73. The molecule has 160 valence electrons. The number of halogens is 2. The third-order valence-electron chi connectivity index (χ3n) is 4.11. The number of amides is 2. The van der Waals surface area contributed by atoms with E-state index in [1.54, 1.807) is 48.0 Å². The highest BCUT2D eigenvalue weighted by atomic mass is 35.5. The van der Waals surface area contributed by atoms with Gasteiger partial charge in [0.1, 0.15) is 0 Å². The minimum atomic E-state index is -0.280. The molecule has 0 fully saturated rings. The van der Waals surface area contributed by atoms with Crippen LogP contribution in [0.3, 0.4) is 0 Å². The second-order valence-corrected chi connectivity index (χ2v) is 8.16. The van der Waals surface area contributed by atoms with E-state index in [0.717, 1.165) is 5.56 Å². The lowest BCUT2D eigenvalue weighted by Gasteiger charge is -2.06. The van der Waals surface area contributed by atoms with Crippen molar-refractivity contribution in [2.24, 2.45) is 7.05 Å². The fourth-order valence-electron chi connectivity index (χ4n) is 2.52. The van der Waals surface area contributed by atoms with Crippen molar-refractivity contribution >= 4 is 58.5 Å². The van der Waals surface area contributed by atoms with Crippen LogP contribution >= 0.6 is 35.0 Å². The highest BCUT2D eigenvalue weighted by Crippen LogP contribution is 2.18. The lowest BCUT2D eigenvalue weighted by atomic mass is 10.2. The van der Waals surface area contributed by atoms with Crippen molar-refractivity contribution in [1.29, 1.82) is 0 Å². The molecule has 0 saturated carbocycles. The van der Waals surface area contributed by atoms with Crippen LogP contribution in [0, 0.1) is 0 Å². The Kier molecular flexibility index (Phi) is 8.11. The van der Waals surface area contributed by atoms with E-state index in [2.05, 4.69) is 20.8 Å². The smallest absolute Gasteiger partial charge is 0.244 e. The molecule has 0 aliphatic heterocycles. The molecular weight excluding hydrogens is 457 g/mol. The number of carbonyl (C=O) groups excluding carboxylic acids is 2. The van der Waals surface area contributed by atoms with E-state index in [-0.39, 0.29) is 24.1 Å². The summed E-state index contributed by atoms with van der Waals surface area (Å²) >= 11 is 13.2. The van der Waals surface area contributed by atoms with Crippen LogP contribution in [-0.4, -0.2) is 32.3 Å². The molecule has 1 heterocycles.